The first-order valence-corrected chi connectivity index (χ1v) is 12.1. The quantitative estimate of drug-likeness (QED) is 0.279. The molecule has 0 heterocycles. The van der Waals surface area contributed by atoms with Crippen molar-refractivity contribution in [3.05, 3.63) is 72.3 Å². The van der Waals surface area contributed by atoms with Crippen molar-refractivity contribution in [2.24, 2.45) is 0 Å². The van der Waals surface area contributed by atoms with Gasteiger partial charge in [0.25, 0.3) is 0 Å². The molecule has 1 atom stereocenters. The number of hydrogen-bond donors (Lipinski definition) is 1. The molecule has 0 aromatic heterocycles. The average Bonchev–Trinajstić information content (AvgIpc) is 2.73. The van der Waals surface area contributed by atoms with E-state index in [1.165, 1.54) is 0 Å². The van der Waals surface area contributed by atoms with Gasteiger partial charge in [0, 0.05) is 12.8 Å². The summed E-state index contributed by atoms with van der Waals surface area (Å²) >= 11 is 0. The summed E-state index contributed by atoms with van der Waals surface area (Å²) in [6.45, 7) is 3.42. The van der Waals surface area contributed by atoms with Gasteiger partial charge in [-0.05, 0) is 54.2 Å². The molecule has 0 radical (unpaired) electrons. The van der Waals surface area contributed by atoms with E-state index >= 15 is 0 Å². The van der Waals surface area contributed by atoms with Gasteiger partial charge in [-0.2, -0.15) is 0 Å². The molecule has 5 nitrogen and oxygen atoms in total. The first-order chi connectivity index (χ1) is 14.9. The molecule has 0 aliphatic carbocycles. The predicted octanol–water partition coefficient (Wildman–Crippen LogP) is 6.33. The monoisotopic (exact) mass is 440 g/mol. The molecular formula is C25H29O5P. The van der Waals surface area contributed by atoms with Gasteiger partial charge in [0.1, 0.15) is 5.78 Å². The molecule has 3 aromatic carbocycles. The van der Waals surface area contributed by atoms with E-state index in [1.54, 1.807) is 13.8 Å². The van der Waals surface area contributed by atoms with Gasteiger partial charge in [0.05, 0.1) is 12.7 Å². The van der Waals surface area contributed by atoms with Crippen LogP contribution in [0.4, 0.5) is 0 Å². The minimum absolute atomic E-state index is 0.0824. The summed E-state index contributed by atoms with van der Waals surface area (Å²) in [4.78, 5) is 22.2. The van der Waals surface area contributed by atoms with Crippen LogP contribution in [0.1, 0.15) is 38.7 Å². The van der Waals surface area contributed by atoms with Crippen LogP contribution in [0, 0.1) is 0 Å². The van der Waals surface area contributed by atoms with Gasteiger partial charge >= 0.3 is 7.82 Å². The second kappa shape index (κ2) is 10.8. The smallest absolute Gasteiger partial charge is 0.302 e. The largest absolute Gasteiger partial charge is 0.472 e. The number of rotatable bonds is 11. The number of hydrogen-bond acceptors (Lipinski definition) is 4. The van der Waals surface area contributed by atoms with Crippen molar-refractivity contribution < 1.29 is 23.3 Å². The maximum atomic E-state index is 12.7. The van der Waals surface area contributed by atoms with Crippen molar-refractivity contribution in [2.75, 3.05) is 6.61 Å². The summed E-state index contributed by atoms with van der Waals surface area (Å²) in [5.41, 5.74) is 3.21. The number of benzene rings is 3. The molecule has 0 aliphatic rings. The zero-order chi connectivity index (χ0) is 22.3. The minimum atomic E-state index is -4.02. The molecule has 3 rings (SSSR count). The van der Waals surface area contributed by atoms with Crippen LogP contribution in [0.2, 0.25) is 0 Å². The summed E-state index contributed by atoms with van der Waals surface area (Å²) in [5, 5.41) is 2.28. The zero-order valence-corrected chi connectivity index (χ0v) is 18.9. The summed E-state index contributed by atoms with van der Waals surface area (Å²) in [6.07, 6.45) is 1.46. The van der Waals surface area contributed by atoms with Crippen LogP contribution in [0.15, 0.2) is 66.7 Å². The highest BCUT2D eigenvalue weighted by Crippen LogP contribution is 2.44. The lowest BCUT2D eigenvalue weighted by molar-refractivity contribution is -0.118. The summed E-state index contributed by atoms with van der Waals surface area (Å²) < 4.78 is 21.5. The fraction of sp³-hybridized carbons (Fsp3) is 0.320. The number of ketones is 1. The Morgan fingerprint density at radius 2 is 1.68 bits per heavy atom. The Balaban J connectivity index is 1.63. The van der Waals surface area contributed by atoms with Gasteiger partial charge in [0.2, 0.25) is 0 Å². The summed E-state index contributed by atoms with van der Waals surface area (Å²) in [5.74, 6) is 0.137. The van der Waals surface area contributed by atoms with Crippen LogP contribution in [-0.4, -0.2) is 23.4 Å². The van der Waals surface area contributed by atoms with E-state index in [0.29, 0.717) is 25.7 Å². The summed E-state index contributed by atoms with van der Waals surface area (Å²) in [6, 6.07) is 22.4. The molecule has 0 saturated heterocycles. The average molecular weight is 440 g/mol. The van der Waals surface area contributed by atoms with E-state index < -0.39 is 13.9 Å². The van der Waals surface area contributed by atoms with Crippen LogP contribution in [0.5, 0.6) is 0 Å². The third kappa shape index (κ3) is 6.84. The first-order valence-electron chi connectivity index (χ1n) is 10.6. The number of carbonyl (C=O) groups is 1. The predicted molar refractivity (Wildman–Crippen MR) is 124 cm³/mol. The topological polar surface area (TPSA) is 72.8 Å². The van der Waals surface area contributed by atoms with Gasteiger partial charge in [-0.1, -0.05) is 66.7 Å². The second-order valence-electron chi connectivity index (χ2n) is 7.82. The highest BCUT2D eigenvalue weighted by molar-refractivity contribution is 7.47. The first kappa shape index (κ1) is 23.4. The number of Topliss-reactive ketones (excluding diaryl/α,β-unsaturated/α-hetero) is 1. The Morgan fingerprint density at radius 1 is 0.968 bits per heavy atom. The normalized spacial score (nSPS) is 13.4. The summed E-state index contributed by atoms with van der Waals surface area (Å²) in [7, 11) is -4.02. The molecule has 1 N–H and O–H groups in total. The van der Waals surface area contributed by atoms with Gasteiger partial charge in [-0.3, -0.25) is 13.8 Å². The van der Waals surface area contributed by atoms with Crippen LogP contribution in [0.3, 0.4) is 0 Å². The second-order valence-corrected chi connectivity index (χ2v) is 9.22. The molecule has 0 aliphatic heterocycles. The Bertz CT molecular complexity index is 1060. The lowest BCUT2D eigenvalue weighted by atomic mass is 9.90. The zero-order valence-electron chi connectivity index (χ0n) is 18.0. The van der Waals surface area contributed by atoms with Crippen molar-refractivity contribution in [1.82, 2.24) is 0 Å². The Labute approximate surface area is 183 Å². The third-order valence-electron chi connectivity index (χ3n) is 4.91. The van der Waals surface area contributed by atoms with E-state index in [4.69, 9.17) is 9.05 Å². The Hall–Kier alpha value is -2.30. The fourth-order valence-electron chi connectivity index (χ4n) is 3.61. The van der Waals surface area contributed by atoms with Crippen molar-refractivity contribution >= 4 is 24.4 Å². The molecule has 1 unspecified atom stereocenters. The SMILES string of the molecule is CC(C)OP(=O)(O)OCCCCC(=O)Cc1ccc2ccccc2c1-c1ccccc1. The van der Waals surface area contributed by atoms with Crippen molar-refractivity contribution in [2.45, 2.75) is 45.6 Å². The van der Waals surface area contributed by atoms with Crippen LogP contribution in [-0.2, 0) is 24.8 Å². The van der Waals surface area contributed by atoms with E-state index in [2.05, 4.69) is 30.3 Å². The third-order valence-corrected chi connectivity index (χ3v) is 6.11. The van der Waals surface area contributed by atoms with E-state index in [0.717, 1.165) is 27.5 Å². The van der Waals surface area contributed by atoms with Gasteiger partial charge < -0.3 is 4.89 Å². The number of phosphoric ester groups is 1. The maximum Gasteiger partial charge on any atom is 0.472 e. The number of phosphoric acid groups is 1. The van der Waals surface area contributed by atoms with Gasteiger partial charge in [-0.15, -0.1) is 0 Å². The minimum Gasteiger partial charge on any atom is -0.302 e. The molecule has 3 aromatic rings. The fourth-order valence-corrected chi connectivity index (χ4v) is 4.57. The highest BCUT2D eigenvalue weighted by atomic mass is 31.2. The molecule has 0 spiro atoms. The van der Waals surface area contributed by atoms with Crippen LogP contribution >= 0.6 is 7.82 Å². The lowest BCUT2D eigenvalue weighted by Crippen LogP contribution is -2.06. The van der Waals surface area contributed by atoms with E-state index in [-0.39, 0.29) is 12.4 Å². The highest BCUT2D eigenvalue weighted by Gasteiger charge is 2.22. The van der Waals surface area contributed by atoms with Crippen molar-refractivity contribution in [1.29, 1.82) is 0 Å². The van der Waals surface area contributed by atoms with Crippen LogP contribution < -0.4 is 0 Å². The molecule has 0 fully saturated rings. The number of fused-ring (bicyclic) bond motifs is 1. The Morgan fingerprint density at radius 3 is 2.42 bits per heavy atom. The van der Waals surface area contributed by atoms with Crippen LogP contribution in [0.25, 0.3) is 21.9 Å². The van der Waals surface area contributed by atoms with Gasteiger partial charge in [-0.25, -0.2) is 4.57 Å². The molecular weight excluding hydrogens is 411 g/mol. The lowest BCUT2D eigenvalue weighted by Gasteiger charge is -2.14. The number of unbranched alkanes of at least 4 members (excludes halogenated alkanes) is 1. The Kier molecular flexibility index (Phi) is 8.16. The molecule has 0 saturated carbocycles. The van der Waals surface area contributed by atoms with Gasteiger partial charge in [0.15, 0.2) is 0 Å². The molecule has 164 valence electrons. The molecule has 31 heavy (non-hydrogen) atoms. The number of carbonyl (C=O) groups excluding carboxylic acids is 1. The molecule has 0 amide bonds. The maximum absolute atomic E-state index is 12.7. The van der Waals surface area contributed by atoms with Crippen molar-refractivity contribution in [3.8, 4) is 11.1 Å². The standard InChI is InChI=1S/C25H29O5P/c1-19(2)30-31(27,28)29-17-9-8-13-23(26)18-22-16-15-20-10-6-7-14-24(20)25(22)21-11-4-3-5-12-21/h3-7,10-12,14-16,19H,8-9,13,17-18H2,1-2H3,(H,27,28). The van der Waals surface area contributed by atoms with E-state index in [1.807, 2.05) is 36.4 Å². The molecule has 0 bridgehead atoms. The van der Waals surface area contributed by atoms with E-state index in [9.17, 15) is 14.3 Å². The van der Waals surface area contributed by atoms with Crippen molar-refractivity contribution in [3.63, 3.8) is 0 Å². The molecule has 6 heteroatoms.